The Bertz CT molecular complexity index is 377. The Morgan fingerprint density at radius 2 is 2.06 bits per heavy atom. The van der Waals surface area contributed by atoms with Crippen LogP contribution in [0.4, 0.5) is 0 Å². The minimum Gasteiger partial charge on any atom is -0.491 e. The number of rotatable bonds is 8. The van der Waals surface area contributed by atoms with Crippen molar-refractivity contribution in [3.8, 4) is 5.75 Å². The van der Waals surface area contributed by atoms with Crippen molar-refractivity contribution in [2.45, 2.75) is 38.2 Å². The van der Waals surface area contributed by atoms with Gasteiger partial charge in [-0.3, -0.25) is 0 Å². The Morgan fingerprint density at radius 3 is 2.67 bits per heavy atom. The molecule has 2 nitrogen and oxygen atoms in total. The highest BCUT2D eigenvalue weighted by molar-refractivity contribution is 5.27. The molecule has 1 aliphatic rings. The molecular formula is C16H22O2. The van der Waals surface area contributed by atoms with Gasteiger partial charge in [0.15, 0.2) is 0 Å². The lowest BCUT2D eigenvalue weighted by atomic mass is 10.1. The molecule has 0 aliphatic carbocycles. The molecule has 0 N–H and O–H groups in total. The van der Waals surface area contributed by atoms with E-state index in [0.717, 1.165) is 25.2 Å². The van der Waals surface area contributed by atoms with Gasteiger partial charge in [0, 0.05) is 0 Å². The number of hydrogen-bond acceptors (Lipinski definition) is 2. The molecule has 2 rings (SSSR count). The maximum absolute atomic E-state index is 5.69. The van der Waals surface area contributed by atoms with Gasteiger partial charge in [-0.05, 0) is 50.3 Å². The van der Waals surface area contributed by atoms with Gasteiger partial charge in [-0.1, -0.05) is 18.2 Å². The summed E-state index contributed by atoms with van der Waals surface area (Å²) in [6.45, 7) is 7.26. The van der Waals surface area contributed by atoms with Crippen LogP contribution in [-0.2, 0) is 11.2 Å². The zero-order valence-corrected chi connectivity index (χ0v) is 11.2. The second-order valence-electron chi connectivity index (χ2n) is 5.21. The number of aryl methyl sites for hydroxylation is 1. The summed E-state index contributed by atoms with van der Waals surface area (Å²) < 4.78 is 11.0. The van der Waals surface area contributed by atoms with Crippen LogP contribution in [0.3, 0.4) is 0 Å². The van der Waals surface area contributed by atoms with E-state index in [1.165, 1.54) is 18.4 Å². The summed E-state index contributed by atoms with van der Waals surface area (Å²) >= 11 is 0. The van der Waals surface area contributed by atoms with E-state index < -0.39 is 0 Å². The van der Waals surface area contributed by atoms with Crippen molar-refractivity contribution in [3.05, 3.63) is 42.5 Å². The van der Waals surface area contributed by atoms with Gasteiger partial charge in [-0.15, -0.1) is 6.58 Å². The van der Waals surface area contributed by atoms with Crippen LogP contribution >= 0.6 is 0 Å². The first-order valence-electron chi connectivity index (χ1n) is 6.68. The predicted molar refractivity (Wildman–Crippen MR) is 74.0 cm³/mol. The SMILES string of the molecule is C=CCCCCc1ccc(OCC2(C)CO2)cc1. The van der Waals surface area contributed by atoms with Crippen LogP contribution < -0.4 is 4.74 Å². The first-order valence-corrected chi connectivity index (χ1v) is 6.68. The number of ether oxygens (including phenoxy) is 2. The van der Waals surface area contributed by atoms with E-state index in [1.807, 2.05) is 6.08 Å². The fourth-order valence-corrected chi connectivity index (χ4v) is 1.81. The number of benzene rings is 1. The van der Waals surface area contributed by atoms with Gasteiger partial charge in [0.2, 0.25) is 0 Å². The van der Waals surface area contributed by atoms with E-state index in [-0.39, 0.29) is 5.60 Å². The van der Waals surface area contributed by atoms with Gasteiger partial charge < -0.3 is 9.47 Å². The fourth-order valence-electron chi connectivity index (χ4n) is 1.81. The highest BCUT2D eigenvalue weighted by Gasteiger charge is 2.40. The molecule has 1 atom stereocenters. The molecule has 1 aliphatic heterocycles. The van der Waals surface area contributed by atoms with Crippen molar-refractivity contribution in [2.24, 2.45) is 0 Å². The molecule has 0 saturated carbocycles. The van der Waals surface area contributed by atoms with Crippen LogP contribution in [0.15, 0.2) is 36.9 Å². The predicted octanol–water partition coefficient (Wildman–Crippen LogP) is 3.75. The molecule has 0 radical (unpaired) electrons. The largest absolute Gasteiger partial charge is 0.491 e. The summed E-state index contributed by atoms with van der Waals surface area (Å²) in [6, 6.07) is 8.40. The maximum atomic E-state index is 5.69. The standard InChI is InChI=1S/C16H22O2/c1-3-4-5-6-7-14-8-10-15(11-9-14)17-12-16(2)13-18-16/h3,8-11H,1,4-7,12-13H2,2H3. The molecule has 1 unspecified atom stereocenters. The topological polar surface area (TPSA) is 21.8 Å². The molecule has 0 spiro atoms. The van der Waals surface area contributed by atoms with E-state index in [0.29, 0.717) is 6.61 Å². The Morgan fingerprint density at radius 1 is 1.33 bits per heavy atom. The Hall–Kier alpha value is -1.28. The minimum absolute atomic E-state index is 0.0383. The van der Waals surface area contributed by atoms with Crippen LogP contribution in [0.5, 0.6) is 5.75 Å². The number of allylic oxidation sites excluding steroid dienone is 1. The lowest BCUT2D eigenvalue weighted by molar-refractivity contribution is 0.202. The first-order chi connectivity index (χ1) is 8.72. The van der Waals surface area contributed by atoms with Gasteiger partial charge in [0.25, 0.3) is 0 Å². The van der Waals surface area contributed by atoms with Gasteiger partial charge >= 0.3 is 0 Å². The Balaban J connectivity index is 1.72. The third-order valence-electron chi connectivity index (χ3n) is 3.23. The van der Waals surface area contributed by atoms with Crippen molar-refractivity contribution in [1.29, 1.82) is 0 Å². The summed E-state index contributed by atoms with van der Waals surface area (Å²) in [7, 11) is 0. The van der Waals surface area contributed by atoms with E-state index in [4.69, 9.17) is 9.47 Å². The second kappa shape index (κ2) is 6.05. The molecule has 0 bridgehead atoms. The second-order valence-corrected chi connectivity index (χ2v) is 5.21. The maximum Gasteiger partial charge on any atom is 0.123 e. The van der Waals surface area contributed by atoms with E-state index >= 15 is 0 Å². The Kier molecular flexibility index (Phi) is 4.43. The Labute approximate surface area is 110 Å². The fraction of sp³-hybridized carbons (Fsp3) is 0.500. The number of epoxide rings is 1. The monoisotopic (exact) mass is 246 g/mol. The van der Waals surface area contributed by atoms with Crippen molar-refractivity contribution < 1.29 is 9.47 Å². The zero-order chi connectivity index (χ0) is 12.8. The van der Waals surface area contributed by atoms with Gasteiger partial charge in [0.05, 0.1) is 6.61 Å². The van der Waals surface area contributed by atoms with Crippen molar-refractivity contribution >= 4 is 0 Å². The smallest absolute Gasteiger partial charge is 0.123 e. The van der Waals surface area contributed by atoms with Gasteiger partial charge in [-0.2, -0.15) is 0 Å². The lowest BCUT2D eigenvalue weighted by Gasteiger charge is -2.09. The van der Waals surface area contributed by atoms with Crippen molar-refractivity contribution in [1.82, 2.24) is 0 Å². The lowest BCUT2D eigenvalue weighted by Crippen LogP contribution is -2.16. The van der Waals surface area contributed by atoms with Gasteiger partial charge in [0.1, 0.15) is 18.0 Å². The molecule has 1 fully saturated rings. The average molecular weight is 246 g/mol. The molecule has 18 heavy (non-hydrogen) atoms. The highest BCUT2D eigenvalue weighted by Crippen LogP contribution is 2.27. The van der Waals surface area contributed by atoms with E-state index in [9.17, 15) is 0 Å². The summed E-state index contributed by atoms with van der Waals surface area (Å²) in [5.74, 6) is 0.932. The van der Waals surface area contributed by atoms with Crippen LogP contribution in [0, 0.1) is 0 Å². The van der Waals surface area contributed by atoms with Crippen LogP contribution in [0.1, 0.15) is 31.7 Å². The highest BCUT2D eigenvalue weighted by atomic mass is 16.6. The quantitative estimate of drug-likeness (QED) is 0.396. The first kappa shape index (κ1) is 13.2. The number of hydrogen-bond donors (Lipinski definition) is 0. The van der Waals surface area contributed by atoms with Crippen LogP contribution in [-0.4, -0.2) is 18.8 Å². The molecule has 1 saturated heterocycles. The number of unbranched alkanes of at least 4 members (excludes halogenated alkanes) is 2. The van der Waals surface area contributed by atoms with Crippen molar-refractivity contribution in [2.75, 3.05) is 13.2 Å². The summed E-state index contributed by atoms with van der Waals surface area (Å²) in [5.41, 5.74) is 1.34. The normalized spacial score (nSPS) is 21.6. The molecule has 2 heteroatoms. The van der Waals surface area contributed by atoms with Crippen LogP contribution in [0.2, 0.25) is 0 Å². The average Bonchev–Trinajstić information content (AvgIpc) is 3.12. The van der Waals surface area contributed by atoms with E-state index in [2.05, 4.69) is 37.8 Å². The molecule has 0 amide bonds. The van der Waals surface area contributed by atoms with Crippen molar-refractivity contribution in [3.63, 3.8) is 0 Å². The van der Waals surface area contributed by atoms with Crippen LogP contribution in [0.25, 0.3) is 0 Å². The third kappa shape index (κ3) is 4.19. The third-order valence-corrected chi connectivity index (χ3v) is 3.23. The molecule has 1 heterocycles. The molecular weight excluding hydrogens is 224 g/mol. The molecule has 1 aromatic carbocycles. The summed E-state index contributed by atoms with van der Waals surface area (Å²) in [4.78, 5) is 0. The molecule has 98 valence electrons. The summed E-state index contributed by atoms with van der Waals surface area (Å²) in [6.07, 6.45) is 6.67. The van der Waals surface area contributed by atoms with Gasteiger partial charge in [-0.25, -0.2) is 0 Å². The zero-order valence-electron chi connectivity index (χ0n) is 11.2. The summed E-state index contributed by atoms with van der Waals surface area (Å²) in [5, 5.41) is 0. The molecule has 0 aromatic heterocycles. The minimum atomic E-state index is -0.0383. The van der Waals surface area contributed by atoms with E-state index in [1.54, 1.807) is 0 Å². The molecule has 1 aromatic rings.